The molecule has 438 valence electrons. The van der Waals surface area contributed by atoms with E-state index >= 15 is 0 Å². The Kier molecular flexibility index (Phi) is 59.5. The summed E-state index contributed by atoms with van der Waals surface area (Å²) in [4.78, 5) is 35.3. The van der Waals surface area contributed by atoms with E-state index in [4.69, 9.17) is 24.3 Å². The van der Waals surface area contributed by atoms with Gasteiger partial charge in [0.1, 0.15) is 6.61 Å². The number of unbranched alkanes of at least 4 members (excludes halogenated alkanes) is 45. The van der Waals surface area contributed by atoms with Crippen LogP contribution in [0.4, 0.5) is 0 Å². The van der Waals surface area contributed by atoms with E-state index in [9.17, 15) is 19.0 Å². The number of hydrogen-bond acceptors (Lipinski definition) is 8. The molecule has 0 rings (SSSR count). The quantitative estimate of drug-likeness (QED) is 0.0264. The van der Waals surface area contributed by atoms with Crippen molar-refractivity contribution < 1.29 is 37.6 Å². The minimum absolute atomic E-state index is 0.0564. The molecule has 3 N–H and O–H groups in total. The van der Waals surface area contributed by atoms with Gasteiger partial charge in [-0.2, -0.15) is 0 Å². The number of allylic oxidation sites excluding steroid dienone is 4. The van der Waals surface area contributed by atoms with Crippen LogP contribution in [-0.2, 0) is 32.7 Å². The van der Waals surface area contributed by atoms with Crippen LogP contribution in [0.5, 0.6) is 0 Å². The fourth-order valence-electron chi connectivity index (χ4n) is 9.79. The number of ether oxygens (including phenoxy) is 2. The molecule has 0 amide bonds. The normalized spacial score (nSPS) is 13.1. The Morgan fingerprint density at radius 1 is 0.405 bits per heavy atom. The molecule has 0 aromatic rings. The molecule has 0 radical (unpaired) electrons. The van der Waals surface area contributed by atoms with Crippen molar-refractivity contribution in [2.45, 2.75) is 347 Å². The molecule has 0 fully saturated rings. The summed E-state index contributed by atoms with van der Waals surface area (Å²) in [6.45, 7) is 3.81. The maximum atomic E-state index is 12.7. The van der Waals surface area contributed by atoms with Crippen LogP contribution in [0.15, 0.2) is 24.3 Å². The van der Waals surface area contributed by atoms with E-state index in [2.05, 4.69) is 38.2 Å². The number of phosphoric acid groups is 1. The summed E-state index contributed by atoms with van der Waals surface area (Å²) in [7, 11) is -4.39. The topological polar surface area (TPSA) is 134 Å². The Morgan fingerprint density at radius 3 is 1.03 bits per heavy atom. The van der Waals surface area contributed by atoms with E-state index in [1.807, 2.05) is 0 Å². The van der Waals surface area contributed by atoms with Crippen LogP contribution in [0.1, 0.15) is 341 Å². The van der Waals surface area contributed by atoms with Crippen molar-refractivity contribution in [1.29, 1.82) is 0 Å². The molecule has 0 spiro atoms. The van der Waals surface area contributed by atoms with Crippen molar-refractivity contribution in [3.05, 3.63) is 24.3 Å². The maximum Gasteiger partial charge on any atom is 0.472 e. The molecular weight excluding hydrogens is 942 g/mol. The molecule has 0 bridgehead atoms. The first-order valence-electron chi connectivity index (χ1n) is 32.3. The van der Waals surface area contributed by atoms with Gasteiger partial charge in [0.2, 0.25) is 0 Å². The molecule has 0 heterocycles. The van der Waals surface area contributed by atoms with E-state index in [0.717, 1.165) is 38.5 Å². The lowest BCUT2D eigenvalue weighted by Gasteiger charge is -2.19. The standard InChI is InChI=1S/C64H124NO8P/c1-3-5-7-9-11-13-15-17-19-21-23-25-27-29-31-33-35-37-39-41-43-45-47-49-51-53-55-57-64(67)73-62(61-72-74(68,69)71-59-58-65)60-70-63(66)56-54-52-50-48-46-44-42-40-38-36-34-32-30-28-26-24-22-20-18-16-14-12-10-8-6-4-2/h15,17,21,23,62H,3-14,16,18-20,22,24-61,65H2,1-2H3,(H,68,69)/b17-15-,23-21-. The zero-order valence-electron chi connectivity index (χ0n) is 49.1. The molecule has 0 saturated heterocycles. The van der Waals surface area contributed by atoms with Crippen LogP contribution in [0, 0.1) is 0 Å². The van der Waals surface area contributed by atoms with E-state index < -0.39 is 26.5 Å². The Bertz CT molecular complexity index is 1260. The summed E-state index contributed by atoms with van der Waals surface area (Å²) in [6.07, 6.45) is 72.5. The van der Waals surface area contributed by atoms with Gasteiger partial charge in [-0.15, -0.1) is 0 Å². The first kappa shape index (κ1) is 72.5. The number of phosphoric ester groups is 1. The molecule has 74 heavy (non-hydrogen) atoms. The summed E-state index contributed by atoms with van der Waals surface area (Å²) in [5, 5.41) is 0. The number of carbonyl (C=O) groups is 2. The number of esters is 2. The van der Waals surface area contributed by atoms with Crippen molar-refractivity contribution in [1.82, 2.24) is 0 Å². The lowest BCUT2D eigenvalue weighted by molar-refractivity contribution is -0.161. The third-order valence-electron chi connectivity index (χ3n) is 14.6. The Balaban J connectivity index is 3.87. The van der Waals surface area contributed by atoms with E-state index in [0.29, 0.717) is 6.42 Å². The van der Waals surface area contributed by atoms with Crippen molar-refractivity contribution in [2.24, 2.45) is 5.73 Å². The first-order valence-corrected chi connectivity index (χ1v) is 33.8. The predicted octanol–water partition coefficient (Wildman–Crippen LogP) is 20.6. The Labute approximate surface area is 459 Å². The minimum atomic E-state index is -4.39. The highest BCUT2D eigenvalue weighted by Crippen LogP contribution is 2.43. The van der Waals surface area contributed by atoms with Gasteiger partial charge in [0.05, 0.1) is 13.2 Å². The van der Waals surface area contributed by atoms with Crippen molar-refractivity contribution in [3.63, 3.8) is 0 Å². The average Bonchev–Trinajstić information content (AvgIpc) is 3.39. The lowest BCUT2D eigenvalue weighted by Crippen LogP contribution is -2.29. The molecule has 9 nitrogen and oxygen atoms in total. The Hall–Kier alpha value is -1.51. The second-order valence-corrected chi connectivity index (χ2v) is 23.4. The van der Waals surface area contributed by atoms with Gasteiger partial charge >= 0.3 is 19.8 Å². The molecule has 0 saturated carbocycles. The van der Waals surface area contributed by atoms with Crippen LogP contribution < -0.4 is 5.73 Å². The zero-order chi connectivity index (χ0) is 53.8. The summed E-state index contributed by atoms with van der Waals surface area (Å²) in [5.41, 5.74) is 5.39. The van der Waals surface area contributed by atoms with Crippen molar-refractivity contribution in [2.75, 3.05) is 26.4 Å². The van der Waals surface area contributed by atoms with Crippen molar-refractivity contribution >= 4 is 19.8 Å². The molecule has 2 unspecified atom stereocenters. The zero-order valence-corrected chi connectivity index (χ0v) is 50.0. The number of rotatable bonds is 62. The third kappa shape index (κ3) is 59.7. The van der Waals surface area contributed by atoms with Gasteiger partial charge in [-0.25, -0.2) is 4.57 Å². The lowest BCUT2D eigenvalue weighted by atomic mass is 10.0. The molecule has 0 aromatic carbocycles. The van der Waals surface area contributed by atoms with E-state index in [1.54, 1.807) is 0 Å². The van der Waals surface area contributed by atoms with Crippen LogP contribution in [0.3, 0.4) is 0 Å². The van der Waals surface area contributed by atoms with Crippen LogP contribution in [0.25, 0.3) is 0 Å². The fraction of sp³-hybridized carbons (Fsp3) is 0.906. The summed E-state index contributed by atoms with van der Waals surface area (Å²) in [5.74, 6) is -0.806. The summed E-state index contributed by atoms with van der Waals surface area (Å²) in [6, 6.07) is 0. The third-order valence-corrected chi connectivity index (χ3v) is 15.6. The highest BCUT2D eigenvalue weighted by Gasteiger charge is 2.26. The van der Waals surface area contributed by atoms with E-state index in [1.165, 1.54) is 270 Å². The largest absolute Gasteiger partial charge is 0.472 e. The van der Waals surface area contributed by atoms with Gasteiger partial charge in [-0.05, 0) is 44.9 Å². The van der Waals surface area contributed by atoms with Crippen LogP contribution >= 0.6 is 7.82 Å². The Morgan fingerprint density at radius 2 is 0.703 bits per heavy atom. The molecule has 0 aromatic heterocycles. The predicted molar refractivity (Wildman–Crippen MR) is 317 cm³/mol. The summed E-state index contributed by atoms with van der Waals surface area (Å²) >= 11 is 0. The van der Waals surface area contributed by atoms with Gasteiger partial charge in [0, 0.05) is 19.4 Å². The SMILES string of the molecule is CCCCCCC/C=C\C/C=C\CCCCCCCCCCCCCCCCCC(=O)OC(COC(=O)CCCCCCCCCCCCCCCCCCCCCCCCCCCC)COP(=O)(O)OCCN. The molecule has 0 aliphatic heterocycles. The molecule has 0 aliphatic rings. The molecular formula is C64H124NO8P. The minimum Gasteiger partial charge on any atom is -0.462 e. The van der Waals surface area contributed by atoms with Crippen LogP contribution in [0.2, 0.25) is 0 Å². The fourth-order valence-corrected chi connectivity index (χ4v) is 10.6. The maximum absolute atomic E-state index is 12.7. The average molecular weight is 1070 g/mol. The molecule has 2 atom stereocenters. The second kappa shape index (κ2) is 60.7. The van der Waals surface area contributed by atoms with Crippen molar-refractivity contribution in [3.8, 4) is 0 Å². The first-order chi connectivity index (χ1) is 36.3. The highest BCUT2D eigenvalue weighted by atomic mass is 31.2. The monoisotopic (exact) mass is 1070 g/mol. The van der Waals surface area contributed by atoms with Gasteiger partial charge in [0.15, 0.2) is 6.10 Å². The summed E-state index contributed by atoms with van der Waals surface area (Å²) < 4.78 is 33.1. The highest BCUT2D eigenvalue weighted by molar-refractivity contribution is 7.47. The smallest absolute Gasteiger partial charge is 0.462 e. The number of nitrogens with two attached hydrogens (primary N) is 1. The van der Waals surface area contributed by atoms with Gasteiger partial charge < -0.3 is 20.1 Å². The second-order valence-electron chi connectivity index (χ2n) is 22.0. The number of hydrogen-bond donors (Lipinski definition) is 2. The molecule has 0 aliphatic carbocycles. The number of carbonyl (C=O) groups excluding carboxylic acids is 2. The molecule has 10 heteroatoms. The van der Waals surface area contributed by atoms with E-state index in [-0.39, 0.29) is 38.6 Å². The van der Waals surface area contributed by atoms with Gasteiger partial charge in [-0.3, -0.25) is 18.6 Å². The van der Waals surface area contributed by atoms with Gasteiger partial charge in [0.25, 0.3) is 0 Å². The van der Waals surface area contributed by atoms with Gasteiger partial charge in [-0.1, -0.05) is 308 Å². The van der Waals surface area contributed by atoms with Crippen LogP contribution in [-0.4, -0.2) is 49.3 Å².